The number of hydrogen-bond donors (Lipinski definition) is 1. The van der Waals surface area contributed by atoms with Gasteiger partial charge in [0.05, 0.1) is 11.8 Å². The van der Waals surface area contributed by atoms with Crippen molar-refractivity contribution in [3.8, 4) is 5.88 Å². The average Bonchev–Trinajstić information content (AvgIpc) is 2.40. The van der Waals surface area contributed by atoms with E-state index in [2.05, 4.69) is 10.3 Å². The van der Waals surface area contributed by atoms with Gasteiger partial charge < -0.3 is 14.8 Å². The van der Waals surface area contributed by atoms with Crippen LogP contribution >= 0.6 is 0 Å². The first-order valence-electron chi connectivity index (χ1n) is 6.62. The van der Waals surface area contributed by atoms with E-state index in [0.29, 0.717) is 6.10 Å². The molecule has 1 aliphatic carbocycles. The molecule has 2 rings (SSSR count). The Kier molecular flexibility index (Phi) is 4.96. The highest BCUT2D eigenvalue weighted by Crippen LogP contribution is 2.24. The molecule has 1 saturated carbocycles. The largest absolute Gasteiger partial charge is 0.474 e. The summed E-state index contributed by atoms with van der Waals surface area (Å²) in [6.45, 7) is 0.766. The zero-order valence-corrected chi connectivity index (χ0v) is 11.2. The van der Waals surface area contributed by atoms with E-state index < -0.39 is 0 Å². The van der Waals surface area contributed by atoms with Crippen molar-refractivity contribution in [2.24, 2.45) is 0 Å². The molecule has 0 spiro atoms. The predicted octanol–water partition coefficient (Wildman–Crippen LogP) is 2.14. The Balaban J connectivity index is 1.93. The minimum atomic E-state index is 0.237. The molecule has 0 amide bonds. The molecule has 1 aromatic heterocycles. The number of aromatic nitrogens is 1. The number of rotatable bonds is 5. The summed E-state index contributed by atoms with van der Waals surface area (Å²) in [5, 5.41) is 3.09. The van der Waals surface area contributed by atoms with E-state index in [0.717, 1.165) is 37.4 Å². The second-order valence-corrected chi connectivity index (χ2v) is 4.76. The number of methoxy groups -OCH3 is 1. The summed E-state index contributed by atoms with van der Waals surface area (Å²) in [4.78, 5) is 4.48. The van der Waals surface area contributed by atoms with E-state index in [1.54, 1.807) is 7.11 Å². The van der Waals surface area contributed by atoms with Crippen LogP contribution in [0.5, 0.6) is 5.88 Å². The molecule has 0 aromatic carbocycles. The van der Waals surface area contributed by atoms with E-state index >= 15 is 0 Å². The second-order valence-electron chi connectivity index (χ2n) is 4.76. The van der Waals surface area contributed by atoms with E-state index in [1.807, 2.05) is 25.2 Å². The Bertz CT molecular complexity index is 371. The van der Waals surface area contributed by atoms with Gasteiger partial charge in [-0.05, 0) is 32.4 Å². The molecule has 0 saturated heterocycles. The van der Waals surface area contributed by atoms with Crippen LogP contribution in [0.4, 0.5) is 0 Å². The van der Waals surface area contributed by atoms with Gasteiger partial charge in [0.1, 0.15) is 6.10 Å². The maximum Gasteiger partial charge on any atom is 0.213 e. The maximum atomic E-state index is 5.96. The highest BCUT2D eigenvalue weighted by molar-refractivity contribution is 5.16. The fraction of sp³-hybridized carbons (Fsp3) is 0.643. The van der Waals surface area contributed by atoms with Crippen LogP contribution in [-0.4, -0.2) is 31.3 Å². The molecular weight excluding hydrogens is 228 g/mol. The maximum absolute atomic E-state index is 5.96. The molecule has 4 nitrogen and oxygen atoms in total. The van der Waals surface area contributed by atoms with Crippen LogP contribution in [0.1, 0.15) is 31.4 Å². The van der Waals surface area contributed by atoms with Crippen molar-refractivity contribution in [1.82, 2.24) is 10.3 Å². The van der Waals surface area contributed by atoms with Crippen molar-refractivity contribution in [2.45, 2.75) is 44.4 Å². The summed E-state index contributed by atoms with van der Waals surface area (Å²) in [7, 11) is 3.69. The third-order valence-corrected chi connectivity index (χ3v) is 3.34. The van der Waals surface area contributed by atoms with Crippen LogP contribution in [0.3, 0.4) is 0 Å². The van der Waals surface area contributed by atoms with Crippen molar-refractivity contribution in [3.05, 3.63) is 23.9 Å². The van der Waals surface area contributed by atoms with Crippen LogP contribution in [0.15, 0.2) is 18.2 Å². The van der Waals surface area contributed by atoms with Gasteiger partial charge >= 0.3 is 0 Å². The number of ether oxygens (including phenoxy) is 2. The van der Waals surface area contributed by atoms with Gasteiger partial charge in [0.25, 0.3) is 0 Å². The summed E-state index contributed by atoms with van der Waals surface area (Å²) >= 11 is 0. The smallest absolute Gasteiger partial charge is 0.213 e. The van der Waals surface area contributed by atoms with Gasteiger partial charge in [0, 0.05) is 26.1 Å². The lowest BCUT2D eigenvalue weighted by molar-refractivity contribution is 0.0194. The molecule has 1 fully saturated rings. The van der Waals surface area contributed by atoms with E-state index in [-0.39, 0.29) is 6.10 Å². The monoisotopic (exact) mass is 250 g/mol. The van der Waals surface area contributed by atoms with Crippen molar-refractivity contribution in [1.29, 1.82) is 0 Å². The average molecular weight is 250 g/mol. The SMILES string of the molecule is CNCc1cccc(OC2CCCC(OC)C2)n1. The van der Waals surface area contributed by atoms with E-state index in [4.69, 9.17) is 9.47 Å². The normalized spacial score (nSPS) is 23.9. The number of nitrogens with zero attached hydrogens (tertiary/aromatic N) is 1. The summed E-state index contributed by atoms with van der Waals surface area (Å²) in [5.74, 6) is 0.726. The number of nitrogens with one attached hydrogen (secondary N) is 1. The minimum Gasteiger partial charge on any atom is -0.474 e. The molecule has 1 aliphatic rings. The van der Waals surface area contributed by atoms with Crippen molar-refractivity contribution < 1.29 is 9.47 Å². The van der Waals surface area contributed by atoms with Crippen LogP contribution in [0.25, 0.3) is 0 Å². The molecule has 100 valence electrons. The molecule has 4 heteroatoms. The van der Waals surface area contributed by atoms with E-state index in [9.17, 15) is 0 Å². The molecule has 2 atom stereocenters. The van der Waals surface area contributed by atoms with Crippen LogP contribution < -0.4 is 10.1 Å². The summed E-state index contributed by atoms with van der Waals surface area (Å²) < 4.78 is 11.4. The Morgan fingerprint density at radius 1 is 1.33 bits per heavy atom. The van der Waals surface area contributed by atoms with Gasteiger partial charge in [-0.2, -0.15) is 0 Å². The number of pyridine rings is 1. The van der Waals surface area contributed by atoms with E-state index in [1.165, 1.54) is 6.42 Å². The molecule has 2 unspecified atom stereocenters. The first-order chi connectivity index (χ1) is 8.81. The summed E-state index contributed by atoms with van der Waals surface area (Å²) in [5.41, 5.74) is 1.01. The molecule has 1 N–H and O–H groups in total. The van der Waals surface area contributed by atoms with Crippen molar-refractivity contribution >= 4 is 0 Å². The molecule has 18 heavy (non-hydrogen) atoms. The topological polar surface area (TPSA) is 43.4 Å². The quantitative estimate of drug-likeness (QED) is 0.869. The number of hydrogen-bond acceptors (Lipinski definition) is 4. The Hall–Kier alpha value is -1.13. The first-order valence-corrected chi connectivity index (χ1v) is 6.62. The van der Waals surface area contributed by atoms with Gasteiger partial charge in [0.15, 0.2) is 0 Å². The van der Waals surface area contributed by atoms with Gasteiger partial charge in [-0.3, -0.25) is 0 Å². The Morgan fingerprint density at radius 2 is 2.17 bits per heavy atom. The standard InChI is InChI=1S/C14H22N2O2/c1-15-10-11-5-3-8-14(16-11)18-13-7-4-6-12(9-13)17-2/h3,5,8,12-13,15H,4,6-7,9-10H2,1-2H3. The predicted molar refractivity (Wildman–Crippen MR) is 70.7 cm³/mol. The fourth-order valence-corrected chi connectivity index (χ4v) is 2.40. The summed E-state index contributed by atoms with van der Waals surface area (Å²) in [6.07, 6.45) is 4.94. The highest BCUT2D eigenvalue weighted by atomic mass is 16.5. The zero-order valence-electron chi connectivity index (χ0n) is 11.2. The third kappa shape index (κ3) is 3.68. The van der Waals surface area contributed by atoms with Crippen molar-refractivity contribution in [2.75, 3.05) is 14.2 Å². The Labute approximate surface area is 109 Å². The zero-order chi connectivity index (χ0) is 12.8. The first kappa shape index (κ1) is 13.3. The van der Waals surface area contributed by atoms with Gasteiger partial charge in [0.2, 0.25) is 5.88 Å². The minimum absolute atomic E-state index is 0.237. The van der Waals surface area contributed by atoms with Gasteiger partial charge in [-0.15, -0.1) is 0 Å². The second kappa shape index (κ2) is 6.71. The molecule has 1 heterocycles. The molecule has 0 radical (unpaired) electrons. The van der Waals surface area contributed by atoms with Crippen LogP contribution in [0, 0.1) is 0 Å². The molecule has 1 aromatic rings. The third-order valence-electron chi connectivity index (χ3n) is 3.34. The van der Waals surface area contributed by atoms with Gasteiger partial charge in [-0.1, -0.05) is 6.07 Å². The van der Waals surface area contributed by atoms with Gasteiger partial charge in [-0.25, -0.2) is 4.98 Å². The molecule has 0 aliphatic heterocycles. The molecule has 0 bridgehead atoms. The van der Waals surface area contributed by atoms with Crippen LogP contribution in [0.2, 0.25) is 0 Å². The lowest BCUT2D eigenvalue weighted by Crippen LogP contribution is -2.29. The Morgan fingerprint density at radius 3 is 2.94 bits per heavy atom. The highest BCUT2D eigenvalue weighted by Gasteiger charge is 2.23. The lowest BCUT2D eigenvalue weighted by Gasteiger charge is -2.28. The lowest BCUT2D eigenvalue weighted by atomic mass is 9.95. The fourth-order valence-electron chi connectivity index (χ4n) is 2.40. The van der Waals surface area contributed by atoms with Crippen LogP contribution in [-0.2, 0) is 11.3 Å². The molecular formula is C14H22N2O2. The van der Waals surface area contributed by atoms with Crippen molar-refractivity contribution in [3.63, 3.8) is 0 Å². The summed E-state index contributed by atoms with van der Waals surface area (Å²) in [6, 6.07) is 5.92.